The van der Waals surface area contributed by atoms with Crippen LogP contribution in [-0.2, 0) is 6.54 Å². The zero-order valence-electron chi connectivity index (χ0n) is 16.4. The van der Waals surface area contributed by atoms with Gasteiger partial charge in [0.1, 0.15) is 11.6 Å². The van der Waals surface area contributed by atoms with E-state index in [0.717, 1.165) is 10.9 Å². The minimum Gasteiger partial charge on any atom is -0.298 e. The van der Waals surface area contributed by atoms with E-state index >= 15 is 8.78 Å². The Balaban J connectivity index is 1.71. The first-order valence-electron chi connectivity index (χ1n) is 9.79. The number of hydrogen-bond donors (Lipinski definition) is 0. The van der Waals surface area contributed by atoms with Gasteiger partial charge in [0.2, 0.25) is 0 Å². The van der Waals surface area contributed by atoms with E-state index < -0.39 is 5.82 Å². The van der Waals surface area contributed by atoms with Crippen LogP contribution in [0.15, 0.2) is 72.9 Å². The molecule has 0 bridgehead atoms. The summed E-state index contributed by atoms with van der Waals surface area (Å²) in [6.07, 6.45) is 3.53. The first kappa shape index (κ1) is 18.6. The molecule has 2 heterocycles. The van der Waals surface area contributed by atoms with Crippen molar-refractivity contribution in [3.63, 3.8) is 0 Å². The van der Waals surface area contributed by atoms with E-state index in [1.165, 1.54) is 6.07 Å². The minimum absolute atomic E-state index is 0.284. The van der Waals surface area contributed by atoms with E-state index in [4.69, 9.17) is 0 Å². The lowest BCUT2D eigenvalue weighted by Gasteiger charge is -2.16. The van der Waals surface area contributed by atoms with Crippen LogP contribution >= 0.6 is 0 Å². The van der Waals surface area contributed by atoms with Gasteiger partial charge in [-0.05, 0) is 53.4 Å². The normalized spacial score (nSPS) is 14.3. The molecule has 5 heteroatoms. The van der Waals surface area contributed by atoms with Crippen LogP contribution in [0, 0.1) is 11.6 Å². The topological polar surface area (TPSA) is 29.0 Å². The molecule has 0 fully saturated rings. The highest BCUT2D eigenvalue weighted by Gasteiger charge is 2.22. The molecule has 0 spiro atoms. The molecule has 0 amide bonds. The van der Waals surface area contributed by atoms with Crippen molar-refractivity contribution in [3.8, 4) is 11.3 Å². The summed E-state index contributed by atoms with van der Waals surface area (Å²) in [6.45, 7) is 1.26. The lowest BCUT2D eigenvalue weighted by atomic mass is 9.90. The number of aromatic nitrogens is 2. The van der Waals surface area contributed by atoms with Crippen molar-refractivity contribution in [3.05, 3.63) is 101 Å². The van der Waals surface area contributed by atoms with Crippen molar-refractivity contribution in [1.82, 2.24) is 15.1 Å². The van der Waals surface area contributed by atoms with Crippen LogP contribution < -0.4 is 0 Å². The van der Waals surface area contributed by atoms with Gasteiger partial charge < -0.3 is 0 Å². The average molecular weight is 399 g/mol. The second-order valence-electron chi connectivity index (χ2n) is 7.56. The molecule has 0 unspecified atom stereocenters. The number of halogens is 2. The predicted molar refractivity (Wildman–Crippen MR) is 115 cm³/mol. The van der Waals surface area contributed by atoms with Gasteiger partial charge in [-0.3, -0.25) is 4.90 Å². The largest absolute Gasteiger partial charge is 0.298 e. The summed E-state index contributed by atoms with van der Waals surface area (Å²) in [5.74, 6) is -0.681. The summed E-state index contributed by atoms with van der Waals surface area (Å²) in [7, 11) is 1.99. The molecule has 3 nitrogen and oxygen atoms in total. The maximum absolute atomic E-state index is 15.5. The highest BCUT2D eigenvalue weighted by Crippen LogP contribution is 2.36. The molecule has 4 aromatic rings. The lowest BCUT2D eigenvalue weighted by Crippen LogP contribution is -2.16. The van der Waals surface area contributed by atoms with Crippen LogP contribution in [0.5, 0.6) is 0 Å². The lowest BCUT2D eigenvalue weighted by molar-refractivity contribution is 0.365. The second-order valence-corrected chi connectivity index (χ2v) is 7.56. The standard InChI is InChI=1S/C25H19F2N3/c1-30-12-10-19(20-9-8-16-5-2-3-6-18(16)25(20)27)21-14-23(26)22(13-17(21)15-30)24-7-4-11-28-29-24/h2-11,13-14H,12,15H2,1H3. The summed E-state index contributed by atoms with van der Waals surface area (Å²) in [5, 5.41) is 9.32. The van der Waals surface area contributed by atoms with E-state index in [1.807, 2.05) is 43.5 Å². The van der Waals surface area contributed by atoms with E-state index in [9.17, 15) is 0 Å². The fraction of sp³-hybridized carbons (Fsp3) is 0.120. The summed E-state index contributed by atoms with van der Waals surface area (Å²) in [5.41, 5.74) is 3.70. The van der Waals surface area contributed by atoms with Crippen LogP contribution in [0.4, 0.5) is 8.78 Å². The summed E-state index contributed by atoms with van der Waals surface area (Å²) in [6, 6.07) is 17.8. The first-order valence-corrected chi connectivity index (χ1v) is 9.79. The van der Waals surface area contributed by atoms with E-state index in [2.05, 4.69) is 15.1 Å². The predicted octanol–water partition coefficient (Wildman–Crippen LogP) is 5.45. The number of fused-ring (bicyclic) bond motifs is 2. The molecule has 0 atom stereocenters. The molecular formula is C25H19F2N3. The van der Waals surface area contributed by atoms with Crippen LogP contribution in [0.25, 0.3) is 27.6 Å². The summed E-state index contributed by atoms with van der Waals surface area (Å²) in [4.78, 5) is 2.11. The third kappa shape index (κ3) is 3.17. The van der Waals surface area contributed by atoms with Crippen molar-refractivity contribution < 1.29 is 8.78 Å². The monoisotopic (exact) mass is 399 g/mol. The van der Waals surface area contributed by atoms with Gasteiger partial charge in [0.15, 0.2) is 0 Å². The van der Waals surface area contributed by atoms with Crippen LogP contribution in [0.1, 0.15) is 16.7 Å². The molecule has 1 aromatic heterocycles. The molecule has 30 heavy (non-hydrogen) atoms. The number of nitrogens with zero attached hydrogens (tertiary/aromatic N) is 3. The van der Waals surface area contributed by atoms with Crippen molar-refractivity contribution in [1.29, 1.82) is 0 Å². The molecule has 1 aliphatic heterocycles. The van der Waals surface area contributed by atoms with E-state index in [-0.39, 0.29) is 5.82 Å². The van der Waals surface area contributed by atoms with Gasteiger partial charge in [0.05, 0.1) is 5.69 Å². The molecule has 0 radical (unpaired) electrons. The molecule has 1 aliphatic rings. The summed E-state index contributed by atoms with van der Waals surface area (Å²) < 4.78 is 30.6. The third-order valence-corrected chi connectivity index (χ3v) is 5.53. The molecule has 5 rings (SSSR count). The van der Waals surface area contributed by atoms with Gasteiger partial charge in [-0.15, -0.1) is 0 Å². The van der Waals surface area contributed by atoms with Crippen LogP contribution in [-0.4, -0.2) is 28.7 Å². The minimum atomic E-state index is -0.397. The maximum atomic E-state index is 15.5. The Kier molecular flexibility index (Phi) is 4.60. The van der Waals surface area contributed by atoms with Crippen LogP contribution in [0.2, 0.25) is 0 Å². The smallest absolute Gasteiger partial charge is 0.138 e. The van der Waals surface area contributed by atoms with E-state index in [1.54, 1.807) is 30.5 Å². The number of rotatable bonds is 2. The number of likely N-dealkylation sites (N-methyl/N-ethyl adjacent to an activating group) is 1. The molecule has 148 valence electrons. The fourth-order valence-corrected chi connectivity index (χ4v) is 4.05. The van der Waals surface area contributed by atoms with Crippen LogP contribution in [0.3, 0.4) is 0 Å². The molecule has 0 saturated carbocycles. The van der Waals surface area contributed by atoms with Gasteiger partial charge in [0, 0.05) is 35.8 Å². The molecule has 0 N–H and O–H groups in total. The molecular weight excluding hydrogens is 380 g/mol. The zero-order chi connectivity index (χ0) is 20.7. The number of benzene rings is 3. The molecule has 0 aliphatic carbocycles. The quantitative estimate of drug-likeness (QED) is 0.449. The van der Waals surface area contributed by atoms with Crippen molar-refractivity contribution in [2.24, 2.45) is 0 Å². The Morgan fingerprint density at radius 2 is 1.77 bits per heavy atom. The zero-order valence-corrected chi connectivity index (χ0v) is 16.4. The van der Waals surface area contributed by atoms with E-state index in [0.29, 0.717) is 46.4 Å². The maximum Gasteiger partial charge on any atom is 0.138 e. The Morgan fingerprint density at radius 3 is 2.60 bits per heavy atom. The Labute approximate surface area is 173 Å². The average Bonchev–Trinajstić information content (AvgIpc) is 2.92. The third-order valence-electron chi connectivity index (χ3n) is 5.53. The van der Waals surface area contributed by atoms with Crippen molar-refractivity contribution >= 4 is 16.3 Å². The van der Waals surface area contributed by atoms with Crippen molar-refractivity contribution in [2.45, 2.75) is 6.54 Å². The Morgan fingerprint density at radius 1 is 0.900 bits per heavy atom. The van der Waals surface area contributed by atoms with Crippen molar-refractivity contribution in [2.75, 3.05) is 13.6 Å². The fourth-order valence-electron chi connectivity index (χ4n) is 4.05. The SMILES string of the molecule is CN1CC=C(c2ccc3ccccc3c2F)c2cc(F)c(-c3cccnn3)cc2C1. The number of hydrogen-bond acceptors (Lipinski definition) is 3. The molecule has 3 aromatic carbocycles. The van der Waals surface area contributed by atoms with Gasteiger partial charge in [-0.25, -0.2) is 8.78 Å². The summed E-state index contributed by atoms with van der Waals surface area (Å²) >= 11 is 0. The highest BCUT2D eigenvalue weighted by atomic mass is 19.1. The Hall–Kier alpha value is -3.44. The highest BCUT2D eigenvalue weighted by molar-refractivity contribution is 5.91. The Bertz CT molecular complexity index is 1280. The first-order chi connectivity index (χ1) is 14.6. The van der Waals surface area contributed by atoms with Gasteiger partial charge >= 0.3 is 0 Å². The molecule has 0 saturated heterocycles. The second kappa shape index (κ2) is 7.43. The van der Waals surface area contributed by atoms with Gasteiger partial charge in [-0.1, -0.05) is 42.5 Å². The van der Waals surface area contributed by atoms with Gasteiger partial charge in [0.25, 0.3) is 0 Å². The van der Waals surface area contributed by atoms with Gasteiger partial charge in [-0.2, -0.15) is 10.2 Å².